The van der Waals surface area contributed by atoms with Crippen LogP contribution < -0.4 is 5.32 Å². The lowest BCUT2D eigenvalue weighted by Gasteiger charge is -2.43. The van der Waals surface area contributed by atoms with Gasteiger partial charge in [0, 0.05) is 13.1 Å². The maximum absolute atomic E-state index is 13.0. The van der Waals surface area contributed by atoms with Gasteiger partial charge in [0.25, 0.3) is 0 Å². The van der Waals surface area contributed by atoms with Crippen LogP contribution in [0.4, 0.5) is 13.2 Å². The Morgan fingerprint density at radius 3 is 2.64 bits per heavy atom. The van der Waals surface area contributed by atoms with Crippen molar-refractivity contribution in [2.75, 3.05) is 26.2 Å². The normalized spacial score (nSPS) is 21.0. The van der Waals surface area contributed by atoms with E-state index in [-0.39, 0.29) is 43.6 Å². The van der Waals surface area contributed by atoms with Gasteiger partial charge in [-0.1, -0.05) is 18.2 Å². The van der Waals surface area contributed by atoms with Crippen LogP contribution in [0.1, 0.15) is 11.1 Å². The minimum Gasteiger partial charge on any atom is -0.345 e. The second-order valence-electron chi connectivity index (χ2n) is 5.99. The summed E-state index contributed by atoms with van der Waals surface area (Å²) in [6.07, 6.45) is -4.94. The molecule has 3 amide bonds. The van der Waals surface area contributed by atoms with Crippen LogP contribution in [0.3, 0.4) is 0 Å². The fourth-order valence-electron chi connectivity index (χ4n) is 3.14. The van der Waals surface area contributed by atoms with Crippen LogP contribution in [0.5, 0.6) is 0 Å². The van der Waals surface area contributed by atoms with Gasteiger partial charge >= 0.3 is 6.18 Å². The number of hydrogen-bond donors (Lipinski definition) is 1. The van der Waals surface area contributed by atoms with Gasteiger partial charge in [0.2, 0.25) is 17.7 Å². The summed E-state index contributed by atoms with van der Waals surface area (Å²) in [4.78, 5) is 38.9. The molecule has 134 valence electrons. The number of fused-ring (bicyclic) bond motifs is 1. The summed E-state index contributed by atoms with van der Waals surface area (Å²) in [6, 6.07) is 4.15. The second kappa shape index (κ2) is 6.38. The number of piperazine rings is 2. The Balaban J connectivity index is 1.73. The third-order valence-electron chi connectivity index (χ3n) is 4.43. The molecular weight excluding hydrogens is 339 g/mol. The quantitative estimate of drug-likeness (QED) is 0.836. The molecule has 0 aromatic heterocycles. The van der Waals surface area contributed by atoms with Crippen LogP contribution in [0.25, 0.3) is 0 Å². The van der Waals surface area contributed by atoms with E-state index in [0.29, 0.717) is 0 Å². The van der Waals surface area contributed by atoms with Gasteiger partial charge in [-0.05, 0) is 11.6 Å². The third kappa shape index (κ3) is 3.45. The van der Waals surface area contributed by atoms with Gasteiger partial charge in [0.05, 0.1) is 25.1 Å². The number of benzene rings is 1. The number of hydrogen-bond acceptors (Lipinski definition) is 3. The Morgan fingerprint density at radius 2 is 1.92 bits per heavy atom. The van der Waals surface area contributed by atoms with Crippen molar-refractivity contribution in [1.82, 2.24) is 15.1 Å². The van der Waals surface area contributed by atoms with Crippen molar-refractivity contribution >= 4 is 17.7 Å². The van der Waals surface area contributed by atoms with E-state index in [2.05, 4.69) is 5.32 Å². The van der Waals surface area contributed by atoms with E-state index < -0.39 is 30.1 Å². The van der Waals surface area contributed by atoms with Crippen LogP contribution in [0.2, 0.25) is 0 Å². The molecule has 1 atom stereocenters. The van der Waals surface area contributed by atoms with Gasteiger partial charge in [-0.25, -0.2) is 0 Å². The molecule has 0 aliphatic carbocycles. The zero-order valence-electron chi connectivity index (χ0n) is 13.2. The fourth-order valence-corrected chi connectivity index (χ4v) is 3.14. The minimum absolute atomic E-state index is 0.00933. The molecule has 2 fully saturated rings. The number of nitrogens with one attached hydrogen (secondary N) is 1. The second-order valence-corrected chi connectivity index (χ2v) is 5.99. The maximum Gasteiger partial charge on any atom is 0.416 e. The molecule has 0 saturated carbocycles. The standard InChI is InChI=1S/C16H16F3N3O3/c17-16(18,19)11-4-2-1-3-10(11)7-13(23)21-5-6-22-12(9-21)15(25)20-8-14(22)24/h1-4,12H,5-9H2,(H,20,25). The number of carbonyl (C=O) groups is 3. The number of rotatable bonds is 2. The van der Waals surface area contributed by atoms with Gasteiger partial charge in [-0.15, -0.1) is 0 Å². The first-order valence-electron chi connectivity index (χ1n) is 7.77. The molecule has 2 heterocycles. The Kier molecular flexibility index (Phi) is 4.40. The van der Waals surface area contributed by atoms with Crippen molar-refractivity contribution in [3.8, 4) is 0 Å². The van der Waals surface area contributed by atoms with E-state index in [9.17, 15) is 27.6 Å². The van der Waals surface area contributed by atoms with Crippen molar-refractivity contribution in [2.24, 2.45) is 0 Å². The van der Waals surface area contributed by atoms with Crippen LogP contribution >= 0.6 is 0 Å². The molecule has 3 rings (SSSR count). The van der Waals surface area contributed by atoms with Gasteiger partial charge in [0.15, 0.2) is 0 Å². The predicted molar refractivity (Wildman–Crippen MR) is 80.2 cm³/mol. The lowest BCUT2D eigenvalue weighted by Crippen LogP contribution is -2.66. The molecule has 2 aliphatic rings. The summed E-state index contributed by atoms with van der Waals surface area (Å²) < 4.78 is 39.1. The highest BCUT2D eigenvalue weighted by atomic mass is 19.4. The lowest BCUT2D eigenvalue weighted by molar-refractivity contribution is -0.152. The van der Waals surface area contributed by atoms with Crippen LogP contribution in [-0.4, -0.2) is 59.7 Å². The first-order valence-corrected chi connectivity index (χ1v) is 7.77. The summed E-state index contributed by atoms with van der Waals surface area (Å²) in [5.41, 5.74) is -0.945. The number of nitrogens with zero attached hydrogens (tertiary/aromatic N) is 2. The average Bonchev–Trinajstić information content (AvgIpc) is 2.57. The Morgan fingerprint density at radius 1 is 1.20 bits per heavy atom. The van der Waals surface area contributed by atoms with Gasteiger partial charge in [0.1, 0.15) is 6.04 Å². The zero-order valence-corrected chi connectivity index (χ0v) is 13.2. The summed E-state index contributed by atoms with van der Waals surface area (Å²) in [5, 5.41) is 2.45. The van der Waals surface area contributed by atoms with Crippen LogP contribution in [0.15, 0.2) is 24.3 Å². The topological polar surface area (TPSA) is 69.7 Å². The minimum atomic E-state index is -4.54. The predicted octanol–water partition coefficient (Wildman–Crippen LogP) is 0.417. The van der Waals surface area contributed by atoms with Crippen LogP contribution in [0, 0.1) is 0 Å². The summed E-state index contributed by atoms with van der Waals surface area (Å²) in [5.74, 6) is -1.07. The first kappa shape index (κ1) is 17.2. The average molecular weight is 355 g/mol. The smallest absolute Gasteiger partial charge is 0.345 e. The molecule has 1 aromatic carbocycles. The molecule has 1 unspecified atom stereocenters. The van der Waals surface area contributed by atoms with E-state index in [1.165, 1.54) is 28.0 Å². The molecule has 2 aliphatic heterocycles. The number of halogens is 3. The van der Waals surface area contributed by atoms with Gasteiger partial charge in [-0.3, -0.25) is 14.4 Å². The summed E-state index contributed by atoms with van der Waals surface area (Å²) >= 11 is 0. The molecule has 0 bridgehead atoms. The highest BCUT2D eigenvalue weighted by Gasteiger charge is 2.40. The maximum atomic E-state index is 13.0. The highest BCUT2D eigenvalue weighted by molar-refractivity contribution is 5.95. The van der Waals surface area contributed by atoms with Crippen molar-refractivity contribution < 1.29 is 27.6 Å². The van der Waals surface area contributed by atoms with E-state index in [1.807, 2.05) is 0 Å². The van der Waals surface area contributed by atoms with Gasteiger partial charge < -0.3 is 15.1 Å². The monoisotopic (exact) mass is 355 g/mol. The van der Waals surface area contributed by atoms with Crippen molar-refractivity contribution in [1.29, 1.82) is 0 Å². The van der Waals surface area contributed by atoms with E-state index in [4.69, 9.17) is 0 Å². The number of amides is 3. The van der Waals surface area contributed by atoms with Gasteiger partial charge in [-0.2, -0.15) is 13.2 Å². The Labute approximate surface area is 141 Å². The molecule has 1 aromatic rings. The van der Waals surface area contributed by atoms with Crippen molar-refractivity contribution in [3.05, 3.63) is 35.4 Å². The molecule has 1 N–H and O–H groups in total. The third-order valence-corrected chi connectivity index (χ3v) is 4.43. The zero-order chi connectivity index (χ0) is 18.2. The van der Waals surface area contributed by atoms with E-state index in [0.717, 1.165) is 6.07 Å². The lowest BCUT2D eigenvalue weighted by atomic mass is 10.0. The molecule has 0 radical (unpaired) electrons. The Hall–Kier alpha value is -2.58. The Bertz CT molecular complexity index is 720. The number of alkyl halides is 3. The largest absolute Gasteiger partial charge is 0.416 e. The molecule has 6 nitrogen and oxygen atoms in total. The van der Waals surface area contributed by atoms with Crippen LogP contribution in [-0.2, 0) is 27.0 Å². The molecule has 9 heteroatoms. The fraction of sp³-hybridized carbons (Fsp3) is 0.438. The van der Waals surface area contributed by atoms with Crippen molar-refractivity contribution in [2.45, 2.75) is 18.6 Å². The highest BCUT2D eigenvalue weighted by Crippen LogP contribution is 2.32. The van der Waals surface area contributed by atoms with E-state index >= 15 is 0 Å². The molecule has 2 saturated heterocycles. The molecule has 0 spiro atoms. The molecule has 25 heavy (non-hydrogen) atoms. The summed E-state index contributed by atoms with van der Waals surface area (Å²) in [6.45, 7) is 0.318. The van der Waals surface area contributed by atoms with E-state index in [1.54, 1.807) is 0 Å². The summed E-state index contributed by atoms with van der Waals surface area (Å²) in [7, 11) is 0. The number of carbonyl (C=O) groups excluding carboxylic acids is 3. The first-order chi connectivity index (χ1) is 11.8. The SMILES string of the molecule is O=C1NCC(=O)N2CCN(C(=O)Cc3ccccc3C(F)(F)F)CC12. The van der Waals surface area contributed by atoms with Crippen molar-refractivity contribution in [3.63, 3.8) is 0 Å². The molecular formula is C16H16F3N3O3.